The van der Waals surface area contributed by atoms with Gasteiger partial charge in [-0.15, -0.1) is 0 Å². The lowest BCUT2D eigenvalue weighted by Gasteiger charge is -2.40. The van der Waals surface area contributed by atoms with Crippen LogP contribution < -0.4 is 13.8 Å². The van der Waals surface area contributed by atoms with Crippen molar-refractivity contribution in [3.05, 3.63) is 30.1 Å². The normalized spacial score (nSPS) is 25.8. The third kappa shape index (κ3) is 4.85. The standard InChI is InChI=1S/C17H23FN2O5S/c18-14-7-1-2-9-16(14)25-26(22,23)19-17(21)24-12-13-6-5-11-20-10-4-3-8-15(13)20/h1-2,7,9,13,15H,3-6,8,10-12H2,(H,19,21)/p+1/t13-,15+/m0/s1. The molecule has 2 N–H and O–H groups in total. The van der Waals surface area contributed by atoms with Gasteiger partial charge in [-0.25, -0.2) is 9.18 Å². The molecule has 0 aliphatic carbocycles. The summed E-state index contributed by atoms with van der Waals surface area (Å²) in [6.07, 6.45) is 4.47. The van der Waals surface area contributed by atoms with Crippen molar-refractivity contribution >= 4 is 16.4 Å². The lowest BCUT2D eigenvalue weighted by Crippen LogP contribution is -3.18. The number of rotatable bonds is 5. The molecule has 2 fully saturated rings. The molecule has 1 unspecified atom stereocenters. The van der Waals surface area contributed by atoms with Gasteiger partial charge in [-0.2, -0.15) is 13.1 Å². The van der Waals surface area contributed by atoms with E-state index in [1.807, 2.05) is 0 Å². The Morgan fingerprint density at radius 2 is 1.96 bits per heavy atom. The number of halogens is 1. The first-order chi connectivity index (χ1) is 12.4. The third-order valence-corrected chi connectivity index (χ3v) is 5.92. The number of hydrogen-bond donors (Lipinski definition) is 2. The Kier molecular flexibility index (Phi) is 5.98. The molecule has 0 spiro atoms. The molecule has 0 aromatic heterocycles. The lowest BCUT2D eigenvalue weighted by molar-refractivity contribution is -0.940. The Morgan fingerprint density at radius 1 is 1.19 bits per heavy atom. The van der Waals surface area contributed by atoms with Gasteiger partial charge in [0.1, 0.15) is 6.61 Å². The number of piperidine rings is 2. The fraction of sp³-hybridized carbons (Fsp3) is 0.588. The monoisotopic (exact) mass is 387 g/mol. The van der Waals surface area contributed by atoms with Gasteiger partial charge in [0.15, 0.2) is 11.6 Å². The third-order valence-electron chi connectivity index (χ3n) is 5.10. The maximum absolute atomic E-state index is 13.5. The van der Waals surface area contributed by atoms with E-state index in [4.69, 9.17) is 4.74 Å². The minimum atomic E-state index is -4.50. The Bertz CT molecular complexity index is 740. The second-order valence-electron chi connectivity index (χ2n) is 6.83. The predicted octanol–water partition coefficient (Wildman–Crippen LogP) is 1.02. The van der Waals surface area contributed by atoms with Crippen LogP contribution in [0.2, 0.25) is 0 Å². The van der Waals surface area contributed by atoms with Crippen LogP contribution >= 0.6 is 0 Å². The van der Waals surface area contributed by atoms with E-state index in [9.17, 15) is 17.6 Å². The van der Waals surface area contributed by atoms with Crippen molar-refractivity contribution in [2.24, 2.45) is 5.92 Å². The SMILES string of the molecule is O=C(NS(=O)(=O)Oc1ccccc1F)OC[C@@H]1CCC[NH+]2CCCC[C@H]12. The zero-order chi connectivity index (χ0) is 18.6. The molecule has 2 saturated heterocycles. The highest BCUT2D eigenvalue weighted by molar-refractivity contribution is 7.85. The highest BCUT2D eigenvalue weighted by Crippen LogP contribution is 2.21. The number of fused-ring (bicyclic) bond motifs is 1. The molecule has 0 saturated carbocycles. The van der Waals surface area contributed by atoms with E-state index in [1.54, 1.807) is 9.62 Å². The zero-order valence-electron chi connectivity index (χ0n) is 14.4. The van der Waals surface area contributed by atoms with Gasteiger partial charge in [0.25, 0.3) is 0 Å². The van der Waals surface area contributed by atoms with E-state index in [-0.39, 0.29) is 12.5 Å². The topological polar surface area (TPSA) is 86.1 Å². The van der Waals surface area contributed by atoms with Gasteiger partial charge in [0.05, 0.1) is 19.1 Å². The molecular formula is C17H24FN2O5S+. The first-order valence-electron chi connectivity index (χ1n) is 8.93. The molecule has 144 valence electrons. The van der Waals surface area contributed by atoms with Crippen LogP contribution in [0.3, 0.4) is 0 Å². The van der Waals surface area contributed by atoms with Crippen LogP contribution in [0.1, 0.15) is 32.1 Å². The molecule has 1 amide bonds. The van der Waals surface area contributed by atoms with Gasteiger partial charge in [-0.1, -0.05) is 12.1 Å². The number of ether oxygens (including phenoxy) is 1. The molecule has 3 atom stereocenters. The molecule has 26 heavy (non-hydrogen) atoms. The Balaban J connectivity index is 1.51. The van der Waals surface area contributed by atoms with Gasteiger partial charge in [-0.05, 0) is 44.2 Å². The average Bonchev–Trinajstić information content (AvgIpc) is 2.61. The smallest absolute Gasteiger partial charge is 0.423 e. The first kappa shape index (κ1) is 18.9. The van der Waals surface area contributed by atoms with E-state index >= 15 is 0 Å². The highest BCUT2D eigenvalue weighted by atomic mass is 32.2. The van der Waals surface area contributed by atoms with Crippen molar-refractivity contribution in [2.75, 3.05) is 19.7 Å². The maximum Gasteiger partial charge on any atom is 0.423 e. The van der Waals surface area contributed by atoms with Crippen molar-refractivity contribution in [3.8, 4) is 5.75 Å². The summed E-state index contributed by atoms with van der Waals surface area (Å²) in [5.74, 6) is -1.09. The molecule has 2 heterocycles. The molecule has 0 radical (unpaired) electrons. The van der Waals surface area contributed by atoms with Crippen LogP contribution in [0.15, 0.2) is 24.3 Å². The fourth-order valence-corrected chi connectivity index (χ4v) is 4.62. The van der Waals surface area contributed by atoms with Crippen LogP contribution in [0.25, 0.3) is 0 Å². The molecule has 1 aromatic rings. The van der Waals surface area contributed by atoms with Crippen molar-refractivity contribution < 1.29 is 31.4 Å². The zero-order valence-corrected chi connectivity index (χ0v) is 15.3. The molecule has 7 nitrogen and oxygen atoms in total. The number of nitrogens with one attached hydrogen (secondary N) is 2. The van der Waals surface area contributed by atoms with Gasteiger partial charge in [-0.3, -0.25) is 0 Å². The van der Waals surface area contributed by atoms with E-state index in [1.165, 1.54) is 25.0 Å². The number of quaternary nitrogens is 1. The molecule has 3 rings (SSSR count). The number of carbonyl (C=O) groups is 1. The van der Waals surface area contributed by atoms with Crippen LogP contribution in [0, 0.1) is 11.7 Å². The Morgan fingerprint density at radius 3 is 2.77 bits per heavy atom. The molecule has 2 aliphatic heterocycles. The van der Waals surface area contributed by atoms with Crippen molar-refractivity contribution in [2.45, 2.75) is 38.1 Å². The van der Waals surface area contributed by atoms with Crippen LogP contribution in [-0.2, 0) is 15.0 Å². The molecule has 2 aliphatic rings. The van der Waals surface area contributed by atoms with Gasteiger partial charge in [0.2, 0.25) is 0 Å². The molecule has 0 bridgehead atoms. The van der Waals surface area contributed by atoms with E-state index in [0.717, 1.165) is 44.5 Å². The number of amides is 1. The van der Waals surface area contributed by atoms with Crippen molar-refractivity contribution in [1.82, 2.24) is 4.72 Å². The summed E-state index contributed by atoms with van der Waals surface area (Å²) in [6.45, 7) is 2.48. The van der Waals surface area contributed by atoms with Crippen LogP contribution in [-0.4, -0.2) is 40.2 Å². The predicted molar refractivity (Wildman–Crippen MR) is 91.5 cm³/mol. The second-order valence-corrected chi connectivity index (χ2v) is 8.11. The van der Waals surface area contributed by atoms with Crippen molar-refractivity contribution in [1.29, 1.82) is 0 Å². The van der Waals surface area contributed by atoms with Gasteiger partial charge in [0, 0.05) is 5.92 Å². The molecule has 9 heteroatoms. The first-order valence-corrected chi connectivity index (χ1v) is 10.3. The summed E-state index contributed by atoms with van der Waals surface area (Å²) in [5.41, 5.74) is 0. The summed E-state index contributed by atoms with van der Waals surface area (Å²) in [5, 5.41) is 0. The summed E-state index contributed by atoms with van der Waals surface area (Å²) >= 11 is 0. The van der Waals surface area contributed by atoms with E-state index in [0.29, 0.717) is 6.04 Å². The fourth-order valence-electron chi connectivity index (χ4n) is 3.94. The molecular weight excluding hydrogens is 363 g/mol. The number of hydrogen-bond acceptors (Lipinski definition) is 5. The summed E-state index contributed by atoms with van der Waals surface area (Å²) in [4.78, 5) is 13.4. The molecule has 1 aromatic carbocycles. The number of benzene rings is 1. The summed E-state index contributed by atoms with van der Waals surface area (Å²) in [6, 6.07) is 5.51. The Labute approximate surface area is 152 Å². The maximum atomic E-state index is 13.5. The minimum absolute atomic E-state index is 0.176. The van der Waals surface area contributed by atoms with E-state index in [2.05, 4.69) is 4.18 Å². The Hall–Kier alpha value is -1.87. The largest absolute Gasteiger partial charge is 0.448 e. The van der Waals surface area contributed by atoms with Crippen molar-refractivity contribution in [3.63, 3.8) is 0 Å². The number of carbonyl (C=O) groups excluding carboxylic acids is 1. The van der Waals surface area contributed by atoms with Gasteiger partial charge >= 0.3 is 16.4 Å². The minimum Gasteiger partial charge on any atom is -0.448 e. The van der Waals surface area contributed by atoms with E-state index < -0.39 is 28.0 Å². The van der Waals surface area contributed by atoms with Crippen LogP contribution in [0.5, 0.6) is 5.75 Å². The average molecular weight is 387 g/mol. The highest BCUT2D eigenvalue weighted by Gasteiger charge is 2.37. The quantitative estimate of drug-likeness (QED) is 0.788. The summed E-state index contributed by atoms with van der Waals surface area (Å²) < 4.78 is 48.5. The second kappa shape index (κ2) is 8.22. The van der Waals surface area contributed by atoms with Crippen LogP contribution in [0.4, 0.5) is 9.18 Å². The summed E-state index contributed by atoms with van der Waals surface area (Å²) in [7, 11) is -4.50. The lowest BCUT2D eigenvalue weighted by atomic mass is 9.84. The number of para-hydroxylation sites is 1. The van der Waals surface area contributed by atoms with Gasteiger partial charge < -0.3 is 13.8 Å².